The number of carbonyl (C=O) groups is 1. The van der Waals surface area contributed by atoms with Crippen molar-refractivity contribution in [2.75, 3.05) is 20.3 Å². The van der Waals surface area contributed by atoms with Gasteiger partial charge in [0.05, 0.1) is 29.5 Å². The van der Waals surface area contributed by atoms with Crippen molar-refractivity contribution in [2.45, 2.75) is 18.9 Å². The number of benzene rings is 1. The summed E-state index contributed by atoms with van der Waals surface area (Å²) in [6.45, 7) is 1.78. The number of ether oxygens (including phenoxy) is 1. The summed E-state index contributed by atoms with van der Waals surface area (Å²) < 4.78 is 7.12. The molecule has 124 valence electrons. The van der Waals surface area contributed by atoms with E-state index in [4.69, 9.17) is 10.00 Å². The van der Waals surface area contributed by atoms with Gasteiger partial charge in [0.2, 0.25) is 0 Å². The zero-order chi connectivity index (χ0) is 17.1. The Bertz CT molecular complexity index is 785. The Morgan fingerprint density at radius 1 is 1.54 bits per heavy atom. The van der Waals surface area contributed by atoms with Gasteiger partial charge < -0.3 is 9.64 Å². The molecular weight excluding hydrogens is 304 g/mol. The van der Waals surface area contributed by atoms with E-state index in [0.29, 0.717) is 30.9 Å². The number of aromatic nitrogens is 2. The molecule has 6 heteroatoms. The molecule has 1 aromatic carbocycles. The van der Waals surface area contributed by atoms with Gasteiger partial charge in [0.1, 0.15) is 0 Å². The Morgan fingerprint density at radius 3 is 3.08 bits per heavy atom. The molecule has 0 aliphatic carbocycles. The van der Waals surface area contributed by atoms with Gasteiger partial charge in [-0.25, -0.2) is 0 Å². The van der Waals surface area contributed by atoms with Gasteiger partial charge in [-0.15, -0.1) is 0 Å². The zero-order valence-corrected chi connectivity index (χ0v) is 13.9. The van der Waals surface area contributed by atoms with Crippen molar-refractivity contribution >= 4 is 5.91 Å². The van der Waals surface area contributed by atoms with Crippen LogP contribution in [-0.4, -0.2) is 40.8 Å². The molecule has 1 unspecified atom stereocenters. The molecule has 1 atom stereocenters. The second kappa shape index (κ2) is 6.85. The molecule has 2 aromatic rings. The molecular formula is C18H20N4O2. The molecule has 1 amide bonds. The minimum atomic E-state index is -0.0626. The number of rotatable bonds is 4. The fourth-order valence-corrected chi connectivity index (χ4v) is 3.01. The number of carbonyl (C=O) groups excluding carboxylic acids is 1. The first-order chi connectivity index (χ1) is 11.6. The summed E-state index contributed by atoms with van der Waals surface area (Å²) in [7, 11) is 3.59. The van der Waals surface area contributed by atoms with Crippen molar-refractivity contribution < 1.29 is 9.53 Å². The highest BCUT2D eigenvalue weighted by Crippen LogP contribution is 2.27. The molecule has 6 nitrogen and oxygen atoms in total. The fraction of sp³-hybridized carbons (Fsp3) is 0.389. The molecule has 24 heavy (non-hydrogen) atoms. The Morgan fingerprint density at radius 2 is 2.38 bits per heavy atom. The van der Waals surface area contributed by atoms with Crippen LogP contribution in [0.25, 0.3) is 0 Å². The summed E-state index contributed by atoms with van der Waals surface area (Å²) >= 11 is 0. The average molecular weight is 324 g/mol. The number of nitrogens with zero attached hydrogens (tertiary/aromatic N) is 4. The maximum atomic E-state index is 12.9. The van der Waals surface area contributed by atoms with Crippen LogP contribution in [0, 0.1) is 11.3 Å². The predicted octanol–water partition coefficient (Wildman–Crippen LogP) is 2.07. The molecule has 1 aromatic heterocycles. The largest absolute Gasteiger partial charge is 0.381 e. The van der Waals surface area contributed by atoms with Crippen LogP contribution < -0.4 is 0 Å². The Kier molecular flexibility index (Phi) is 4.63. The lowest BCUT2D eigenvalue weighted by molar-refractivity contribution is 0.0783. The molecule has 2 heterocycles. The van der Waals surface area contributed by atoms with Gasteiger partial charge in [-0.05, 0) is 24.1 Å². The van der Waals surface area contributed by atoms with E-state index in [9.17, 15) is 4.79 Å². The molecule has 1 fully saturated rings. The highest BCUT2D eigenvalue weighted by Gasteiger charge is 2.28. The number of nitriles is 1. The van der Waals surface area contributed by atoms with Crippen molar-refractivity contribution in [2.24, 2.45) is 7.05 Å². The van der Waals surface area contributed by atoms with Gasteiger partial charge in [0.15, 0.2) is 0 Å². The molecule has 0 radical (unpaired) electrons. The van der Waals surface area contributed by atoms with Gasteiger partial charge >= 0.3 is 0 Å². The Labute approximate surface area is 141 Å². The van der Waals surface area contributed by atoms with E-state index in [-0.39, 0.29) is 11.8 Å². The van der Waals surface area contributed by atoms with E-state index in [1.165, 1.54) is 0 Å². The van der Waals surface area contributed by atoms with Crippen LogP contribution in [0.5, 0.6) is 0 Å². The summed E-state index contributed by atoms with van der Waals surface area (Å²) in [6, 6.07) is 9.43. The van der Waals surface area contributed by atoms with E-state index in [1.54, 1.807) is 35.0 Å². The third-order valence-corrected chi connectivity index (χ3v) is 4.23. The number of aryl methyl sites for hydroxylation is 1. The van der Waals surface area contributed by atoms with E-state index >= 15 is 0 Å². The SMILES string of the molecule is CN(Cc1cccc(C#N)c1)C(=O)c1cn(C)nc1C1CCOC1. The van der Waals surface area contributed by atoms with Crippen LogP contribution in [0.2, 0.25) is 0 Å². The second-order valence-corrected chi connectivity index (χ2v) is 6.14. The second-order valence-electron chi connectivity index (χ2n) is 6.14. The Balaban J connectivity index is 1.79. The topological polar surface area (TPSA) is 71.2 Å². The van der Waals surface area contributed by atoms with Crippen LogP contribution in [0.3, 0.4) is 0 Å². The van der Waals surface area contributed by atoms with Gasteiger partial charge in [-0.3, -0.25) is 9.48 Å². The molecule has 0 bridgehead atoms. The van der Waals surface area contributed by atoms with E-state index in [2.05, 4.69) is 11.2 Å². The summed E-state index contributed by atoms with van der Waals surface area (Å²) in [4.78, 5) is 14.5. The quantitative estimate of drug-likeness (QED) is 0.863. The molecule has 0 N–H and O–H groups in total. The molecule has 0 spiro atoms. The minimum Gasteiger partial charge on any atom is -0.381 e. The maximum Gasteiger partial charge on any atom is 0.257 e. The van der Waals surface area contributed by atoms with Crippen molar-refractivity contribution in [3.8, 4) is 6.07 Å². The van der Waals surface area contributed by atoms with E-state index < -0.39 is 0 Å². The average Bonchev–Trinajstić information content (AvgIpc) is 3.23. The van der Waals surface area contributed by atoms with Crippen LogP contribution in [0.15, 0.2) is 30.5 Å². The van der Waals surface area contributed by atoms with Crippen LogP contribution in [-0.2, 0) is 18.3 Å². The van der Waals surface area contributed by atoms with E-state index in [0.717, 1.165) is 17.7 Å². The molecule has 3 rings (SSSR count). The lowest BCUT2D eigenvalue weighted by Crippen LogP contribution is -2.27. The first-order valence-corrected chi connectivity index (χ1v) is 7.94. The first kappa shape index (κ1) is 16.2. The van der Waals surface area contributed by atoms with Crippen molar-refractivity contribution in [3.63, 3.8) is 0 Å². The summed E-state index contributed by atoms with van der Waals surface area (Å²) in [5, 5.41) is 13.5. The van der Waals surface area contributed by atoms with Crippen molar-refractivity contribution in [3.05, 3.63) is 52.8 Å². The van der Waals surface area contributed by atoms with Gasteiger partial charge in [0, 0.05) is 39.4 Å². The first-order valence-electron chi connectivity index (χ1n) is 7.94. The van der Waals surface area contributed by atoms with Crippen LogP contribution in [0.1, 0.15) is 39.5 Å². The maximum absolute atomic E-state index is 12.9. The lowest BCUT2D eigenvalue weighted by Gasteiger charge is -2.18. The minimum absolute atomic E-state index is 0.0626. The molecule has 1 aliphatic heterocycles. The predicted molar refractivity (Wildman–Crippen MR) is 88.3 cm³/mol. The number of amides is 1. The summed E-state index contributed by atoms with van der Waals surface area (Å²) in [6.07, 6.45) is 2.67. The van der Waals surface area contributed by atoms with Crippen LogP contribution in [0.4, 0.5) is 0 Å². The Hall–Kier alpha value is -2.65. The van der Waals surface area contributed by atoms with Crippen molar-refractivity contribution in [1.82, 2.24) is 14.7 Å². The third kappa shape index (κ3) is 3.31. The molecule has 1 saturated heterocycles. The molecule has 1 aliphatic rings. The normalized spacial score (nSPS) is 16.8. The monoisotopic (exact) mass is 324 g/mol. The number of hydrogen-bond donors (Lipinski definition) is 0. The zero-order valence-electron chi connectivity index (χ0n) is 13.9. The number of hydrogen-bond acceptors (Lipinski definition) is 4. The highest BCUT2D eigenvalue weighted by atomic mass is 16.5. The van der Waals surface area contributed by atoms with Crippen molar-refractivity contribution in [1.29, 1.82) is 5.26 Å². The van der Waals surface area contributed by atoms with Crippen LogP contribution >= 0.6 is 0 Å². The van der Waals surface area contributed by atoms with Gasteiger partial charge in [-0.2, -0.15) is 10.4 Å². The van der Waals surface area contributed by atoms with Gasteiger partial charge in [0.25, 0.3) is 5.91 Å². The standard InChI is InChI=1S/C18H20N4O2/c1-21(10-14-5-3-4-13(8-14)9-19)18(23)16-11-22(2)20-17(16)15-6-7-24-12-15/h3-5,8,11,15H,6-7,10,12H2,1-2H3. The summed E-state index contributed by atoms with van der Waals surface area (Å²) in [5.41, 5.74) is 2.97. The van der Waals surface area contributed by atoms with E-state index in [1.807, 2.05) is 19.2 Å². The molecule has 0 saturated carbocycles. The fourth-order valence-electron chi connectivity index (χ4n) is 3.01. The third-order valence-electron chi connectivity index (χ3n) is 4.23. The van der Waals surface area contributed by atoms with Gasteiger partial charge in [-0.1, -0.05) is 12.1 Å². The summed E-state index contributed by atoms with van der Waals surface area (Å²) in [5.74, 6) is 0.118. The highest BCUT2D eigenvalue weighted by molar-refractivity contribution is 5.95. The lowest BCUT2D eigenvalue weighted by atomic mass is 10.0. The smallest absolute Gasteiger partial charge is 0.257 e.